The molecule has 3 heterocycles. The van der Waals surface area contributed by atoms with Gasteiger partial charge in [-0.25, -0.2) is 9.98 Å². The smallest absolute Gasteiger partial charge is 0.191 e. The second-order valence-electron chi connectivity index (χ2n) is 6.86. The number of guanidine groups is 1. The Morgan fingerprint density at radius 3 is 2.96 bits per heavy atom. The van der Waals surface area contributed by atoms with Crippen molar-refractivity contribution < 1.29 is 9.47 Å². The van der Waals surface area contributed by atoms with E-state index in [1.807, 2.05) is 12.3 Å². The van der Waals surface area contributed by atoms with Crippen LogP contribution < -0.4 is 15.5 Å². The Bertz CT molecular complexity index is 595. The predicted octanol–water partition coefficient (Wildman–Crippen LogP) is 2.16. The van der Waals surface area contributed by atoms with Gasteiger partial charge in [-0.2, -0.15) is 0 Å². The Balaban J connectivity index is 0.00000261. The molecule has 0 aliphatic carbocycles. The highest BCUT2D eigenvalue weighted by molar-refractivity contribution is 14.0. The maximum absolute atomic E-state index is 5.67. The van der Waals surface area contributed by atoms with Crippen molar-refractivity contribution in [3.8, 4) is 0 Å². The van der Waals surface area contributed by atoms with E-state index in [0.29, 0.717) is 12.6 Å². The van der Waals surface area contributed by atoms with E-state index < -0.39 is 0 Å². The third-order valence-corrected chi connectivity index (χ3v) is 4.66. The molecule has 1 aromatic heterocycles. The summed E-state index contributed by atoms with van der Waals surface area (Å²) in [5, 5.41) is 6.69. The standard InChI is InChI=1S/C19H31N5O2.HI/c1-3-20-19(23-13-17-5-4-9-26-17)22-12-16-6-7-21-18(11-16)24-8-10-25-15(2)14-24;/h6-7,11,15,17H,3-5,8-10,12-14H2,1-2H3,(H2,20,22,23);1H. The number of aromatic nitrogens is 1. The minimum atomic E-state index is 0. The molecule has 7 nitrogen and oxygen atoms in total. The lowest BCUT2D eigenvalue weighted by Crippen LogP contribution is -2.41. The van der Waals surface area contributed by atoms with Gasteiger partial charge in [0.1, 0.15) is 5.82 Å². The Labute approximate surface area is 179 Å². The summed E-state index contributed by atoms with van der Waals surface area (Å²) in [5.74, 6) is 1.84. The van der Waals surface area contributed by atoms with Crippen LogP contribution in [0.25, 0.3) is 0 Å². The van der Waals surface area contributed by atoms with Gasteiger partial charge in [0.2, 0.25) is 0 Å². The Kier molecular flexibility index (Phi) is 9.57. The highest BCUT2D eigenvalue weighted by Crippen LogP contribution is 2.17. The van der Waals surface area contributed by atoms with Crippen LogP contribution in [0.3, 0.4) is 0 Å². The monoisotopic (exact) mass is 489 g/mol. The van der Waals surface area contributed by atoms with Crippen molar-refractivity contribution in [3.63, 3.8) is 0 Å². The van der Waals surface area contributed by atoms with Gasteiger partial charge in [0.05, 0.1) is 25.4 Å². The zero-order valence-electron chi connectivity index (χ0n) is 16.3. The summed E-state index contributed by atoms with van der Waals surface area (Å²) in [7, 11) is 0. The van der Waals surface area contributed by atoms with Crippen molar-refractivity contribution >= 4 is 35.8 Å². The average Bonchev–Trinajstić information content (AvgIpc) is 3.18. The lowest BCUT2D eigenvalue weighted by Gasteiger charge is -2.32. The Morgan fingerprint density at radius 1 is 1.33 bits per heavy atom. The fourth-order valence-electron chi connectivity index (χ4n) is 3.29. The molecule has 1 aromatic rings. The summed E-state index contributed by atoms with van der Waals surface area (Å²) < 4.78 is 11.3. The molecule has 3 rings (SSSR count). The topological polar surface area (TPSA) is 71.0 Å². The van der Waals surface area contributed by atoms with Crippen LogP contribution in [0, 0.1) is 0 Å². The van der Waals surface area contributed by atoms with Gasteiger partial charge >= 0.3 is 0 Å². The molecule has 0 aromatic carbocycles. The Hall–Kier alpha value is -1.13. The molecule has 0 saturated carbocycles. The van der Waals surface area contributed by atoms with Gasteiger partial charge in [-0.1, -0.05) is 0 Å². The quantitative estimate of drug-likeness (QED) is 0.363. The van der Waals surface area contributed by atoms with E-state index >= 15 is 0 Å². The van der Waals surface area contributed by atoms with Gasteiger partial charge in [0.15, 0.2) is 5.96 Å². The summed E-state index contributed by atoms with van der Waals surface area (Å²) in [6, 6.07) is 4.16. The average molecular weight is 489 g/mol. The van der Waals surface area contributed by atoms with Crippen molar-refractivity contribution in [1.82, 2.24) is 15.6 Å². The summed E-state index contributed by atoms with van der Waals surface area (Å²) in [5.41, 5.74) is 1.16. The molecular weight excluding hydrogens is 457 g/mol. The number of morpholine rings is 1. The zero-order valence-corrected chi connectivity index (χ0v) is 18.6. The number of rotatable bonds is 6. The first kappa shape index (κ1) is 22.2. The van der Waals surface area contributed by atoms with Crippen LogP contribution in [0.2, 0.25) is 0 Å². The number of halogens is 1. The molecule has 152 valence electrons. The fraction of sp³-hybridized carbons (Fsp3) is 0.684. The van der Waals surface area contributed by atoms with Gasteiger partial charge in [-0.15, -0.1) is 24.0 Å². The third-order valence-electron chi connectivity index (χ3n) is 4.66. The molecule has 2 unspecified atom stereocenters. The lowest BCUT2D eigenvalue weighted by atomic mass is 10.2. The van der Waals surface area contributed by atoms with Crippen molar-refractivity contribution in [3.05, 3.63) is 23.9 Å². The molecule has 2 fully saturated rings. The van der Waals surface area contributed by atoms with Gasteiger partial charge < -0.3 is 25.0 Å². The molecule has 2 N–H and O–H groups in total. The SMILES string of the molecule is CCNC(=NCc1ccnc(N2CCOC(C)C2)c1)NCC1CCCO1.I. The number of hydrogen-bond donors (Lipinski definition) is 2. The second kappa shape index (κ2) is 11.7. The van der Waals surface area contributed by atoms with E-state index in [9.17, 15) is 0 Å². The fourth-order valence-corrected chi connectivity index (χ4v) is 3.29. The summed E-state index contributed by atoms with van der Waals surface area (Å²) in [6.45, 7) is 9.83. The number of nitrogens with zero attached hydrogens (tertiary/aromatic N) is 3. The highest BCUT2D eigenvalue weighted by atomic mass is 127. The van der Waals surface area contributed by atoms with Gasteiger partial charge in [0, 0.05) is 39.0 Å². The lowest BCUT2D eigenvalue weighted by molar-refractivity contribution is 0.0529. The van der Waals surface area contributed by atoms with Gasteiger partial charge in [-0.3, -0.25) is 0 Å². The van der Waals surface area contributed by atoms with Crippen molar-refractivity contribution in [1.29, 1.82) is 0 Å². The first-order valence-corrected chi connectivity index (χ1v) is 9.70. The number of nitrogens with one attached hydrogen (secondary N) is 2. The summed E-state index contributed by atoms with van der Waals surface area (Å²) in [6.07, 6.45) is 4.69. The zero-order chi connectivity index (χ0) is 18.2. The first-order chi connectivity index (χ1) is 12.7. The molecule has 0 radical (unpaired) electrons. The van der Waals surface area contributed by atoms with Crippen LogP contribution in [-0.2, 0) is 16.0 Å². The van der Waals surface area contributed by atoms with Crippen LogP contribution in [0.4, 0.5) is 5.82 Å². The number of pyridine rings is 1. The number of aliphatic imine (C=N–C) groups is 1. The van der Waals surface area contributed by atoms with E-state index in [-0.39, 0.29) is 30.1 Å². The summed E-state index contributed by atoms with van der Waals surface area (Å²) in [4.78, 5) is 11.5. The minimum Gasteiger partial charge on any atom is -0.376 e. The van der Waals surface area contributed by atoms with E-state index in [2.05, 4.69) is 40.4 Å². The molecule has 2 aliphatic rings. The Morgan fingerprint density at radius 2 is 2.22 bits per heavy atom. The largest absolute Gasteiger partial charge is 0.376 e. The minimum absolute atomic E-state index is 0. The van der Waals surface area contributed by atoms with Crippen LogP contribution >= 0.6 is 24.0 Å². The summed E-state index contributed by atoms with van der Waals surface area (Å²) >= 11 is 0. The number of ether oxygens (including phenoxy) is 2. The highest BCUT2D eigenvalue weighted by Gasteiger charge is 2.18. The number of hydrogen-bond acceptors (Lipinski definition) is 5. The third kappa shape index (κ3) is 7.08. The van der Waals surface area contributed by atoms with E-state index in [4.69, 9.17) is 14.5 Å². The molecule has 2 aliphatic heterocycles. The molecule has 2 atom stereocenters. The molecule has 8 heteroatoms. The second-order valence-corrected chi connectivity index (χ2v) is 6.86. The molecule has 2 saturated heterocycles. The van der Waals surface area contributed by atoms with E-state index in [1.165, 1.54) is 0 Å². The van der Waals surface area contributed by atoms with Crippen molar-refractivity contribution in [2.75, 3.05) is 44.3 Å². The molecule has 0 amide bonds. The maximum Gasteiger partial charge on any atom is 0.191 e. The van der Waals surface area contributed by atoms with Crippen LogP contribution in [-0.4, -0.2) is 62.5 Å². The van der Waals surface area contributed by atoms with Crippen LogP contribution in [0.15, 0.2) is 23.3 Å². The first-order valence-electron chi connectivity index (χ1n) is 9.70. The van der Waals surface area contributed by atoms with Gasteiger partial charge in [0.25, 0.3) is 0 Å². The maximum atomic E-state index is 5.67. The molecular formula is C19H32IN5O2. The molecule has 0 spiro atoms. The number of anilines is 1. The van der Waals surface area contributed by atoms with Crippen LogP contribution in [0.5, 0.6) is 0 Å². The van der Waals surface area contributed by atoms with E-state index in [0.717, 1.165) is 69.6 Å². The molecule has 0 bridgehead atoms. The van der Waals surface area contributed by atoms with E-state index in [1.54, 1.807) is 0 Å². The van der Waals surface area contributed by atoms with Crippen LogP contribution in [0.1, 0.15) is 32.3 Å². The van der Waals surface area contributed by atoms with Crippen molar-refractivity contribution in [2.45, 2.75) is 45.4 Å². The predicted molar refractivity (Wildman–Crippen MR) is 119 cm³/mol. The normalized spacial score (nSPS) is 23.0. The molecule has 27 heavy (non-hydrogen) atoms. The van der Waals surface area contributed by atoms with Crippen molar-refractivity contribution in [2.24, 2.45) is 4.99 Å². The van der Waals surface area contributed by atoms with Gasteiger partial charge in [-0.05, 0) is 44.4 Å².